The van der Waals surface area contributed by atoms with Gasteiger partial charge in [-0.05, 0) is 73.5 Å². The highest BCUT2D eigenvalue weighted by molar-refractivity contribution is 7.92. The van der Waals surface area contributed by atoms with Crippen LogP contribution in [-0.4, -0.2) is 39.2 Å². The van der Waals surface area contributed by atoms with Gasteiger partial charge < -0.3 is 10.2 Å². The van der Waals surface area contributed by atoms with E-state index in [0.29, 0.717) is 24.1 Å². The molecule has 2 N–H and O–H groups in total. The number of benzene rings is 2. The van der Waals surface area contributed by atoms with Gasteiger partial charge in [0.1, 0.15) is 4.21 Å². The largest absolute Gasteiger partial charge is 0.351 e. The molecule has 2 aromatic carbocycles. The molecule has 2 heterocycles. The number of aryl methyl sites for hydroxylation is 2. The molecule has 36 heavy (non-hydrogen) atoms. The molecule has 4 rings (SSSR count). The summed E-state index contributed by atoms with van der Waals surface area (Å²) in [5.74, 6) is -1.77. The molecule has 10 heteroatoms. The summed E-state index contributed by atoms with van der Waals surface area (Å²) in [5, 5.41) is 3.52. The van der Waals surface area contributed by atoms with E-state index >= 15 is 0 Å². The Labute approximate surface area is 214 Å². The first-order chi connectivity index (χ1) is 17.1. The third-order valence-corrected chi connectivity index (χ3v) is 9.53. The van der Waals surface area contributed by atoms with Crippen molar-refractivity contribution in [2.45, 2.75) is 44.2 Å². The molecule has 3 amide bonds. The zero-order valence-electron chi connectivity index (χ0n) is 20.5. The number of sulfonamides is 1. The van der Waals surface area contributed by atoms with Gasteiger partial charge in [0.05, 0.1) is 5.92 Å². The first-order valence-corrected chi connectivity index (χ1v) is 14.1. The number of nitrogens with one attached hydrogen (secondary N) is 2. The third kappa shape index (κ3) is 5.44. The Balaban J connectivity index is 1.36. The molecular formula is C26H29N3O5S2. The average Bonchev–Trinajstić information content (AvgIpc) is 3.18. The lowest BCUT2D eigenvalue weighted by atomic mass is 10.1. The highest BCUT2D eigenvalue weighted by Gasteiger charge is 2.26. The van der Waals surface area contributed by atoms with Crippen LogP contribution in [0.15, 0.2) is 46.7 Å². The Morgan fingerprint density at radius 3 is 2.50 bits per heavy atom. The van der Waals surface area contributed by atoms with Gasteiger partial charge in [0.2, 0.25) is 11.8 Å². The van der Waals surface area contributed by atoms with E-state index < -0.39 is 21.8 Å². The summed E-state index contributed by atoms with van der Waals surface area (Å²) in [4.78, 5) is 39.0. The molecule has 0 radical (unpaired) electrons. The number of piperidine rings is 1. The fraction of sp³-hybridized carbons (Fsp3) is 0.346. The van der Waals surface area contributed by atoms with Gasteiger partial charge in [-0.2, -0.15) is 0 Å². The second kappa shape index (κ2) is 10.4. The van der Waals surface area contributed by atoms with Gasteiger partial charge in [-0.25, -0.2) is 13.1 Å². The summed E-state index contributed by atoms with van der Waals surface area (Å²) in [6.07, 6.45) is 2.37. The summed E-state index contributed by atoms with van der Waals surface area (Å²) in [7, 11) is -4.05. The first-order valence-electron chi connectivity index (χ1n) is 11.8. The molecule has 190 valence electrons. The van der Waals surface area contributed by atoms with Crippen LogP contribution in [0, 0.1) is 19.8 Å². The maximum Gasteiger partial charge on any atom is 0.273 e. The predicted octanol–water partition coefficient (Wildman–Crippen LogP) is 3.91. The number of hydrogen-bond donors (Lipinski definition) is 2. The van der Waals surface area contributed by atoms with Crippen LogP contribution in [0.3, 0.4) is 0 Å². The van der Waals surface area contributed by atoms with Crippen molar-refractivity contribution in [1.82, 2.24) is 10.0 Å². The molecule has 1 aliphatic heterocycles. The van der Waals surface area contributed by atoms with E-state index in [-0.39, 0.29) is 22.6 Å². The van der Waals surface area contributed by atoms with Gasteiger partial charge in [-0.1, -0.05) is 19.1 Å². The number of anilines is 1. The maximum absolute atomic E-state index is 12.9. The molecule has 1 saturated heterocycles. The van der Waals surface area contributed by atoms with Crippen LogP contribution < -0.4 is 14.9 Å². The van der Waals surface area contributed by atoms with Crippen LogP contribution in [0.1, 0.15) is 47.7 Å². The number of carbonyl (C=O) groups is 3. The normalized spacial score (nSPS) is 15.1. The van der Waals surface area contributed by atoms with Gasteiger partial charge in [0, 0.05) is 35.5 Å². The highest BCUT2D eigenvalue weighted by Crippen LogP contribution is 2.34. The highest BCUT2D eigenvalue weighted by atomic mass is 32.2. The Morgan fingerprint density at radius 1 is 1.08 bits per heavy atom. The van der Waals surface area contributed by atoms with Gasteiger partial charge in [0.15, 0.2) is 0 Å². The van der Waals surface area contributed by atoms with E-state index in [1.165, 1.54) is 0 Å². The molecular weight excluding hydrogens is 498 g/mol. The zero-order valence-corrected chi connectivity index (χ0v) is 22.1. The molecule has 0 spiro atoms. The molecule has 1 atom stereocenters. The van der Waals surface area contributed by atoms with Crippen LogP contribution in [0.2, 0.25) is 0 Å². The number of fused-ring (bicyclic) bond motifs is 1. The Kier molecular flexibility index (Phi) is 7.46. The molecule has 0 bridgehead atoms. The molecule has 8 nitrogen and oxygen atoms in total. The van der Waals surface area contributed by atoms with Crippen LogP contribution in [-0.2, 0) is 19.6 Å². The van der Waals surface area contributed by atoms with E-state index in [4.69, 9.17) is 0 Å². The van der Waals surface area contributed by atoms with E-state index in [9.17, 15) is 22.8 Å². The number of amides is 3. The van der Waals surface area contributed by atoms with Crippen molar-refractivity contribution >= 4 is 54.9 Å². The van der Waals surface area contributed by atoms with Crippen molar-refractivity contribution in [3.05, 3.63) is 59.2 Å². The second-order valence-corrected chi connectivity index (χ2v) is 12.1. The van der Waals surface area contributed by atoms with E-state index in [1.807, 2.05) is 25.1 Å². The van der Waals surface area contributed by atoms with Crippen molar-refractivity contribution in [3.8, 4) is 0 Å². The number of rotatable bonds is 7. The summed E-state index contributed by atoms with van der Waals surface area (Å²) in [5.41, 5.74) is 2.77. The Bertz CT molecular complexity index is 1430. The minimum absolute atomic E-state index is 0.0306. The predicted molar refractivity (Wildman–Crippen MR) is 141 cm³/mol. The minimum Gasteiger partial charge on any atom is -0.351 e. The van der Waals surface area contributed by atoms with Crippen LogP contribution >= 0.6 is 11.3 Å². The standard InChI is InChI=1S/C26H29N3O5S2/c1-16-7-12-21-18(3)26(35-22(21)14-16)36(33,34)28-24(31)17(2)15-27-25(32)19-8-10-20(11-9-19)29-13-5-4-6-23(29)30/h7-12,14,17H,4-6,13,15H2,1-3H3,(H,27,32)(H,28,31). The maximum atomic E-state index is 12.9. The quantitative estimate of drug-likeness (QED) is 0.484. The fourth-order valence-electron chi connectivity index (χ4n) is 4.16. The lowest BCUT2D eigenvalue weighted by molar-refractivity contribution is -0.122. The van der Waals surface area contributed by atoms with Crippen molar-refractivity contribution in [3.63, 3.8) is 0 Å². The van der Waals surface area contributed by atoms with Gasteiger partial charge in [-0.15, -0.1) is 11.3 Å². The summed E-state index contributed by atoms with van der Waals surface area (Å²) < 4.78 is 29.0. The van der Waals surface area contributed by atoms with Crippen molar-refractivity contribution in [1.29, 1.82) is 0 Å². The van der Waals surface area contributed by atoms with Crippen LogP contribution in [0.4, 0.5) is 5.69 Å². The van der Waals surface area contributed by atoms with Crippen LogP contribution in [0.25, 0.3) is 10.1 Å². The Hall–Kier alpha value is -3.24. The van der Waals surface area contributed by atoms with Crippen molar-refractivity contribution < 1.29 is 22.8 Å². The number of nitrogens with zero attached hydrogens (tertiary/aromatic N) is 1. The van der Waals surface area contributed by atoms with Crippen molar-refractivity contribution in [2.75, 3.05) is 18.0 Å². The number of carbonyl (C=O) groups excluding carboxylic acids is 3. The third-order valence-electron chi connectivity index (χ3n) is 6.31. The van der Waals surface area contributed by atoms with Gasteiger partial charge in [-0.3, -0.25) is 14.4 Å². The van der Waals surface area contributed by atoms with Crippen molar-refractivity contribution in [2.24, 2.45) is 5.92 Å². The molecule has 3 aromatic rings. The second-order valence-electron chi connectivity index (χ2n) is 9.14. The molecule has 0 aliphatic carbocycles. The first kappa shape index (κ1) is 25.8. The average molecular weight is 528 g/mol. The topological polar surface area (TPSA) is 113 Å². The summed E-state index contributed by atoms with van der Waals surface area (Å²) in [6.45, 7) is 5.85. The molecule has 0 saturated carbocycles. The smallest absolute Gasteiger partial charge is 0.273 e. The fourth-order valence-corrected chi connectivity index (χ4v) is 7.10. The summed E-state index contributed by atoms with van der Waals surface area (Å²) in [6, 6.07) is 12.4. The monoisotopic (exact) mass is 527 g/mol. The Morgan fingerprint density at radius 2 is 1.81 bits per heavy atom. The number of hydrogen-bond acceptors (Lipinski definition) is 6. The molecule has 1 aromatic heterocycles. The number of thiophene rings is 1. The summed E-state index contributed by atoms with van der Waals surface area (Å²) >= 11 is 1.13. The molecule has 1 fully saturated rings. The zero-order chi connectivity index (χ0) is 26.0. The molecule has 1 aliphatic rings. The van der Waals surface area contributed by atoms with E-state index in [0.717, 1.165) is 45.5 Å². The minimum atomic E-state index is -4.05. The van der Waals surface area contributed by atoms with Gasteiger partial charge in [0.25, 0.3) is 15.9 Å². The SMILES string of the molecule is Cc1ccc2c(C)c(S(=O)(=O)NC(=O)C(C)CNC(=O)c3ccc(N4CCCCC4=O)cc3)sc2c1. The molecule has 1 unspecified atom stereocenters. The van der Waals surface area contributed by atoms with E-state index in [1.54, 1.807) is 43.0 Å². The lowest BCUT2D eigenvalue weighted by Crippen LogP contribution is -2.40. The van der Waals surface area contributed by atoms with E-state index in [2.05, 4.69) is 10.0 Å². The lowest BCUT2D eigenvalue weighted by Gasteiger charge is -2.26. The van der Waals surface area contributed by atoms with Gasteiger partial charge >= 0.3 is 0 Å². The van der Waals surface area contributed by atoms with Crippen LogP contribution in [0.5, 0.6) is 0 Å².